The van der Waals surface area contributed by atoms with Gasteiger partial charge in [-0.3, -0.25) is 4.79 Å². The molecule has 0 aliphatic heterocycles. The number of unbranched alkanes of at least 4 members (excludes halogenated alkanes) is 2. The molecule has 1 aromatic rings. The van der Waals surface area contributed by atoms with E-state index < -0.39 is 5.97 Å². The zero-order valence-electron chi connectivity index (χ0n) is 10.7. The van der Waals surface area contributed by atoms with Crippen molar-refractivity contribution in [1.29, 1.82) is 0 Å². The number of esters is 1. The van der Waals surface area contributed by atoms with E-state index in [1.807, 2.05) is 0 Å². The van der Waals surface area contributed by atoms with Crippen molar-refractivity contribution in [2.24, 2.45) is 0 Å². The zero-order chi connectivity index (χ0) is 13.5. The monoisotopic (exact) mass is 250 g/mol. The van der Waals surface area contributed by atoms with Crippen LogP contribution in [0.2, 0.25) is 0 Å². The highest BCUT2D eigenvalue weighted by Gasteiger charge is 2.14. The van der Waals surface area contributed by atoms with Crippen LogP contribution >= 0.6 is 0 Å². The summed E-state index contributed by atoms with van der Waals surface area (Å²) < 4.78 is 4.54. The molecule has 4 nitrogen and oxygen atoms in total. The number of phenols is 1. The maximum Gasteiger partial charge on any atom is 0.341 e. The van der Waals surface area contributed by atoms with Gasteiger partial charge in [0.2, 0.25) is 0 Å². The van der Waals surface area contributed by atoms with Gasteiger partial charge in [-0.05, 0) is 24.6 Å². The Balaban J connectivity index is 2.84. The summed E-state index contributed by atoms with van der Waals surface area (Å²) in [6.07, 6.45) is 3.35. The van der Waals surface area contributed by atoms with Crippen molar-refractivity contribution in [2.75, 3.05) is 7.11 Å². The third-order valence-electron chi connectivity index (χ3n) is 2.73. The minimum absolute atomic E-state index is 0.0198. The van der Waals surface area contributed by atoms with Crippen molar-refractivity contribution in [3.63, 3.8) is 0 Å². The number of carbonyl (C=O) groups is 2. The number of benzene rings is 1. The highest BCUT2D eigenvalue weighted by atomic mass is 16.5. The molecule has 0 heterocycles. The third kappa shape index (κ3) is 3.58. The molecule has 4 heteroatoms. The van der Waals surface area contributed by atoms with Crippen molar-refractivity contribution in [3.05, 3.63) is 29.3 Å². The topological polar surface area (TPSA) is 63.6 Å². The smallest absolute Gasteiger partial charge is 0.341 e. The number of carbonyl (C=O) groups excluding carboxylic acids is 2. The molecule has 0 unspecified atom stereocenters. The standard InChI is InChI=1S/C14H18O4/c1-3-4-5-6-12(15)10-7-8-13(16)11(9-10)14(17)18-2/h7-9,16H,3-6H2,1-2H3. The zero-order valence-corrected chi connectivity index (χ0v) is 10.7. The first kappa shape index (κ1) is 14.2. The van der Waals surface area contributed by atoms with Crippen molar-refractivity contribution in [3.8, 4) is 5.75 Å². The van der Waals surface area contributed by atoms with E-state index in [2.05, 4.69) is 11.7 Å². The Hall–Kier alpha value is -1.84. The maximum atomic E-state index is 11.9. The van der Waals surface area contributed by atoms with Crippen LogP contribution in [0.4, 0.5) is 0 Å². The van der Waals surface area contributed by atoms with Crippen LogP contribution in [0.5, 0.6) is 5.75 Å². The molecule has 0 saturated carbocycles. The van der Waals surface area contributed by atoms with Gasteiger partial charge in [0.1, 0.15) is 11.3 Å². The molecule has 1 rings (SSSR count). The molecular weight excluding hydrogens is 232 g/mol. The van der Waals surface area contributed by atoms with E-state index in [9.17, 15) is 14.7 Å². The number of methoxy groups -OCH3 is 1. The van der Waals surface area contributed by atoms with Gasteiger partial charge in [0.25, 0.3) is 0 Å². The lowest BCUT2D eigenvalue weighted by atomic mass is 10.0. The first-order valence-corrected chi connectivity index (χ1v) is 6.04. The number of Topliss-reactive ketones (excluding diaryl/α,β-unsaturated/α-hetero) is 1. The fourth-order valence-electron chi connectivity index (χ4n) is 1.66. The van der Waals surface area contributed by atoms with Gasteiger partial charge in [-0.25, -0.2) is 4.79 Å². The van der Waals surface area contributed by atoms with Gasteiger partial charge in [-0.2, -0.15) is 0 Å². The van der Waals surface area contributed by atoms with Crippen LogP contribution in [-0.4, -0.2) is 24.0 Å². The average Bonchev–Trinajstić information content (AvgIpc) is 2.38. The number of rotatable bonds is 6. The summed E-state index contributed by atoms with van der Waals surface area (Å²) in [6.45, 7) is 2.07. The van der Waals surface area contributed by atoms with Gasteiger partial charge in [0.05, 0.1) is 7.11 Å². The molecule has 0 amide bonds. The number of hydrogen-bond acceptors (Lipinski definition) is 4. The largest absolute Gasteiger partial charge is 0.507 e. The summed E-state index contributed by atoms with van der Waals surface area (Å²) in [7, 11) is 1.23. The van der Waals surface area contributed by atoms with Gasteiger partial charge in [-0.15, -0.1) is 0 Å². The molecule has 0 saturated heterocycles. The summed E-state index contributed by atoms with van der Waals surface area (Å²) in [6, 6.07) is 4.25. The molecule has 0 aliphatic carbocycles. The van der Waals surface area contributed by atoms with Gasteiger partial charge >= 0.3 is 5.97 Å². The number of ether oxygens (including phenoxy) is 1. The van der Waals surface area contributed by atoms with Crippen LogP contribution < -0.4 is 0 Å². The molecule has 18 heavy (non-hydrogen) atoms. The summed E-state index contributed by atoms with van der Waals surface area (Å²) in [5, 5.41) is 9.52. The SMILES string of the molecule is CCCCCC(=O)c1ccc(O)c(C(=O)OC)c1. The molecule has 0 spiro atoms. The third-order valence-corrected chi connectivity index (χ3v) is 2.73. The highest BCUT2D eigenvalue weighted by molar-refractivity contribution is 6.00. The Kier molecular flexibility index (Phi) is 5.36. The predicted molar refractivity (Wildman–Crippen MR) is 67.9 cm³/mol. The quantitative estimate of drug-likeness (QED) is 0.479. The van der Waals surface area contributed by atoms with Crippen LogP contribution in [0.15, 0.2) is 18.2 Å². The van der Waals surface area contributed by atoms with Crippen LogP contribution in [-0.2, 0) is 4.74 Å². The minimum Gasteiger partial charge on any atom is -0.507 e. The van der Waals surface area contributed by atoms with E-state index in [0.717, 1.165) is 19.3 Å². The number of hydrogen-bond donors (Lipinski definition) is 1. The number of ketones is 1. The Morgan fingerprint density at radius 1 is 1.28 bits per heavy atom. The summed E-state index contributed by atoms with van der Waals surface area (Å²) >= 11 is 0. The van der Waals surface area contributed by atoms with Crippen LogP contribution in [0.1, 0.15) is 53.3 Å². The Morgan fingerprint density at radius 2 is 2.00 bits per heavy atom. The fourth-order valence-corrected chi connectivity index (χ4v) is 1.66. The molecule has 0 radical (unpaired) electrons. The molecule has 1 aromatic carbocycles. The second kappa shape index (κ2) is 6.79. The molecule has 0 bridgehead atoms. The van der Waals surface area contributed by atoms with E-state index in [1.165, 1.54) is 25.3 Å². The average molecular weight is 250 g/mol. The van der Waals surface area contributed by atoms with E-state index in [4.69, 9.17) is 0 Å². The minimum atomic E-state index is -0.643. The second-order valence-electron chi connectivity index (χ2n) is 4.10. The molecular formula is C14H18O4. The van der Waals surface area contributed by atoms with Crippen molar-refractivity contribution in [2.45, 2.75) is 32.6 Å². The summed E-state index contributed by atoms with van der Waals surface area (Å²) in [5.74, 6) is -0.837. The first-order valence-electron chi connectivity index (χ1n) is 6.04. The van der Waals surface area contributed by atoms with Gasteiger partial charge in [-0.1, -0.05) is 19.8 Å². The first-order chi connectivity index (χ1) is 8.60. The number of phenolic OH excluding ortho intramolecular Hbond substituents is 1. The normalized spacial score (nSPS) is 10.1. The summed E-state index contributed by atoms with van der Waals surface area (Å²) in [4.78, 5) is 23.2. The summed E-state index contributed by atoms with van der Waals surface area (Å²) in [5.41, 5.74) is 0.461. The lowest BCUT2D eigenvalue weighted by Crippen LogP contribution is -2.05. The van der Waals surface area contributed by atoms with Gasteiger partial charge < -0.3 is 9.84 Å². The molecule has 98 valence electrons. The Bertz CT molecular complexity index is 437. The van der Waals surface area contributed by atoms with Gasteiger partial charge in [0, 0.05) is 12.0 Å². The molecule has 0 aromatic heterocycles. The molecule has 0 aliphatic rings. The highest BCUT2D eigenvalue weighted by Crippen LogP contribution is 2.20. The Morgan fingerprint density at radius 3 is 2.61 bits per heavy atom. The van der Waals surface area contributed by atoms with Crippen molar-refractivity contribution >= 4 is 11.8 Å². The molecule has 0 fully saturated rings. The van der Waals surface area contributed by atoms with Crippen molar-refractivity contribution in [1.82, 2.24) is 0 Å². The van der Waals surface area contributed by atoms with Crippen LogP contribution in [0.3, 0.4) is 0 Å². The van der Waals surface area contributed by atoms with Crippen LogP contribution in [0.25, 0.3) is 0 Å². The maximum absolute atomic E-state index is 11.9. The van der Waals surface area contributed by atoms with Crippen LogP contribution in [0, 0.1) is 0 Å². The van der Waals surface area contributed by atoms with E-state index >= 15 is 0 Å². The van der Waals surface area contributed by atoms with E-state index in [0.29, 0.717) is 12.0 Å². The molecule has 0 atom stereocenters. The Labute approximate surface area is 107 Å². The van der Waals surface area contributed by atoms with Crippen molar-refractivity contribution < 1.29 is 19.4 Å². The second-order valence-corrected chi connectivity index (χ2v) is 4.10. The van der Waals surface area contributed by atoms with E-state index in [1.54, 1.807) is 0 Å². The van der Waals surface area contributed by atoms with Gasteiger partial charge in [0.15, 0.2) is 5.78 Å². The van der Waals surface area contributed by atoms with E-state index in [-0.39, 0.29) is 17.1 Å². The lowest BCUT2D eigenvalue weighted by molar-refractivity contribution is 0.0597. The predicted octanol–water partition coefficient (Wildman–Crippen LogP) is 2.94. The lowest BCUT2D eigenvalue weighted by Gasteiger charge is -2.05. The fraction of sp³-hybridized carbons (Fsp3) is 0.429. The number of aromatic hydroxyl groups is 1. The molecule has 1 N–H and O–H groups in total.